The number of aromatic nitrogens is 1. The predicted molar refractivity (Wildman–Crippen MR) is 118 cm³/mol. The molecule has 2 heterocycles. The summed E-state index contributed by atoms with van der Waals surface area (Å²) in [5.41, 5.74) is 3.75. The second-order valence-corrected chi connectivity index (χ2v) is 9.39. The number of benzene rings is 1. The number of fused-ring (bicyclic) bond motifs is 1. The first-order valence-electron chi connectivity index (χ1n) is 10.3. The van der Waals surface area contributed by atoms with E-state index in [2.05, 4.69) is 37.8 Å². The normalized spacial score (nSPS) is 20.7. The van der Waals surface area contributed by atoms with E-state index >= 15 is 0 Å². The van der Waals surface area contributed by atoms with Crippen molar-refractivity contribution in [1.29, 1.82) is 0 Å². The second-order valence-electron chi connectivity index (χ2n) is 8.83. The maximum atomic E-state index is 12.8. The van der Waals surface area contributed by atoms with Crippen molar-refractivity contribution in [2.75, 3.05) is 31.1 Å². The van der Waals surface area contributed by atoms with Crippen molar-refractivity contribution in [3.8, 4) is 0 Å². The van der Waals surface area contributed by atoms with Crippen LogP contribution in [0.25, 0.3) is 11.1 Å². The fourth-order valence-corrected chi connectivity index (χ4v) is 3.93. The second kappa shape index (κ2) is 7.86. The summed E-state index contributed by atoms with van der Waals surface area (Å²) in [6, 6.07) is 6.87. The number of allylic oxidation sites excluding steroid dienone is 2. The highest BCUT2D eigenvalue weighted by molar-refractivity contribution is 6.22. The van der Waals surface area contributed by atoms with Crippen LogP contribution in [0.15, 0.2) is 46.4 Å². The van der Waals surface area contributed by atoms with E-state index in [1.807, 2.05) is 29.2 Å². The molecule has 1 atom stereocenters. The molecule has 0 bridgehead atoms. The summed E-state index contributed by atoms with van der Waals surface area (Å²) in [6.07, 6.45) is 7.27. The lowest BCUT2D eigenvalue weighted by molar-refractivity contribution is -0.126. The molecular formula is C23H28ClN3O2. The molecule has 1 unspecified atom stereocenters. The molecule has 0 radical (unpaired) electrons. The Kier molecular flexibility index (Phi) is 5.43. The van der Waals surface area contributed by atoms with E-state index in [0.29, 0.717) is 25.5 Å². The third-order valence-corrected chi connectivity index (χ3v) is 5.91. The molecular weight excluding hydrogens is 386 g/mol. The molecule has 29 heavy (non-hydrogen) atoms. The van der Waals surface area contributed by atoms with Crippen molar-refractivity contribution in [1.82, 2.24) is 9.88 Å². The Bertz CT molecular complexity index is 970. The van der Waals surface area contributed by atoms with Crippen LogP contribution in [0.5, 0.6) is 0 Å². The topological polar surface area (TPSA) is 49.6 Å². The first kappa shape index (κ1) is 20.0. The Balaban J connectivity index is 1.47. The van der Waals surface area contributed by atoms with Crippen molar-refractivity contribution in [3.05, 3.63) is 47.6 Å². The summed E-state index contributed by atoms with van der Waals surface area (Å²) in [5, 5.41) is -0.0101. The summed E-state index contributed by atoms with van der Waals surface area (Å²) in [4.78, 5) is 21.6. The van der Waals surface area contributed by atoms with Gasteiger partial charge in [0.05, 0.1) is 5.38 Å². The molecule has 0 spiro atoms. The highest BCUT2D eigenvalue weighted by Gasteiger charge is 2.24. The smallest absolute Gasteiger partial charge is 0.298 e. The molecule has 1 aromatic heterocycles. The fraction of sp³-hybridized carbons (Fsp3) is 0.478. The quantitative estimate of drug-likeness (QED) is 0.672. The lowest BCUT2D eigenvalue weighted by Gasteiger charge is -2.22. The first-order valence-corrected chi connectivity index (χ1v) is 10.7. The van der Waals surface area contributed by atoms with Gasteiger partial charge in [-0.15, -0.1) is 11.6 Å². The Morgan fingerprint density at radius 2 is 2.03 bits per heavy atom. The molecule has 1 aromatic carbocycles. The highest BCUT2D eigenvalue weighted by atomic mass is 35.5. The number of nitrogens with zero attached hydrogens (tertiary/aromatic N) is 3. The zero-order valence-corrected chi connectivity index (χ0v) is 18.1. The minimum atomic E-state index is -0.0101. The fourth-order valence-electron chi connectivity index (χ4n) is 3.76. The van der Waals surface area contributed by atoms with Crippen LogP contribution in [0.2, 0.25) is 0 Å². The largest absolute Gasteiger partial charge is 0.423 e. The molecule has 2 aromatic rings. The van der Waals surface area contributed by atoms with Gasteiger partial charge in [0.15, 0.2) is 5.58 Å². The van der Waals surface area contributed by atoms with Crippen LogP contribution in [-0.4, -0.2) is 47.3 Å². The van der Waals surface area contributed by atoms with Crippen LogP contribution in [-0.2, 0) is 10.2 Å². The maximum absolute atomic E-state index is 12.8. The van der Waals surface area contributed by atoms with Crippen molar-refractivity contribution in [2.24, 2.45) is 0 Å². The summed E-state index contributed by atoms with van der Waals surface area (Å²) >= 11 is 6.07. The van der Waals surface area contributed by atoms with E-state index < -0.39 is 0 Å². The minimum absolute atomic E-state index is 0.0101. The van der Waals surface area contributed by atoms with Crippen LogP contribution >= 0.6 is 11.6 Å². The molecule has 0 saturated carbocycles. The summed E-state index contributed by atoms with van der Waals surface area (Å²) in [6.45, 7) is 9.50. The van der Waals surface area contributed by atoms with Crippen molar-refractivity contribution >= 4 is 34.6 Å². The number of oxazole rings is 1. The van der Waals surface area contributed by atoms with Gasteiger partial charge < -0.3 is 14.2 Å². The summed E-state index contributed by atoms with van der Waals surface area (Å²) in [7, 11) is 0. The number of carbonyl (C=O) groups excluding carboxylic acids is 1. The van der Waals surface area contributed by atoms with Gasteiger partial charge in [-0.25, -0.2) is 0 Å². The van der Waals surface area contributed by atoms with Gasteiger partial charge in [0.2, 0.25) is 0 Å². The van der Waals surface area contributed by atoms with Crippen molar-refractivity contribution < 1.29 is 9.21 Å². The van der Waals surface area contributed by atoms with Crippen molar-refractivity contribution in [2.45, 2.75) is 44.4 Å². The molecule has 1 aliphatic carbocycles. The average Bonchev–Trinajstić information content (AvgIpc) is 2.95. The number of halogens is 1. The van der Waals surface area contributed by atoms with Gasteiger partial charge in [-0.3, -0.25) is 4.79 Å². The zero-order chi connectivity index (χ0) is 20.6. The molecule has 1 aliphatic heterocycles. The Hall–Kier alpha value is -2.27. The standard InChI is InChI=1S/C23H28ClN3O2/c1-23(2,3)17-7-10-20-19(15-17)25-22(29-20)27-12-4-11-26(13-14-27)21(28)16-5-8-18(24)9-6-16/h5-8,10,15,18H,4,9,11-14H2,1-3H3. The molecule has 0 N–H and O–H groups in total. The monoisotopic (exact) mass is 413 g/mol. The first-order chi connectivity index (χ1) is 13.8. The van der Waals surface area contributed by atoms with Gasteiger partial charge in [-0.2, -0.15) is 4.98 Å². The lowest BCUT2D eigenvalue weighted by Crippen LogP contribution is -2.36. The summed E-state index contributed by atoms with van der Waals surface area (Å²) in [5.74, 6) is 0.0825. The van der Waals surface area contributed by atoms with Crippen LogP contribution < -0.4 is 4.90 Å². The van der Waals surface area contributed by atoms with Crippen molar-refractivity contribution in [3.63, 3.8) is 0 Å². The molecule has 6 heteroatoms. The van der Waals surface area contributed by atoms with Gasteiger partial charge in [0.1, 0.15) is 5.52 Å². The molecule has 1 saturated heterocycles. The lowest BCUT2D eigenvalue weighted by atomic mass is 9.87. The molecule has 5 nitrogen and oxygen atoms in total. The molecule has 1 fully saturated rings. The SMILES string of the molecule is CC(C)(C)c1ccc2oc(N3CCCN(C(=O)C4=CCC(Cl)C=C4)CC3)nc2c1. The van der Waals surface area contributed by atoms with Gasteiger partial charge in [-0.1, -0.05) is 45.1 Å². The number of alkyl halides is 1. The molecule has 4 rings (SSSR count). The van der Waals surface area contributed by atoms with Crippen LogP contribution in [0.1, 0.15) is 39.2 Å². The average molecular weight is 414 g/mol. The van der Waals surface area contributed by atoms with Gasteiger partial charge >= 0.3 is 0 Å². The maximum Gasteiger partial charge on any atom is 0.298 e. The van der Waals surface area contributed by atoms with Crippen LogP contribution in [0, 0.1) is 0 Å². The van der Waals surface area contributed by atoms with Gasteiger partial charge in [0, 0.05) is 31.8 Å². The number of amides is 1. The molecule has 154 valence electrons. The van der Waals surface area contributed by atoms with E-state index in [1.165, 1.54) is 5.56 Å². The number of carbonyl (C=O) groups is 1. The van der Waals surface area contributed by atoms with Gasteiger partial charge in [0.25, 0.3) is 11.9 Å². The van der Waals surface area contributed by atoms with Gasteiger partial charge in [-0.05, 0) is 36.0 Å². The number of anilines is 1. The summed E-state index contributed by atoms with van der Waals surface area (Å²) < 4.78 is 6.03. The van der Waals surface area contributed by atoms with E-state index in [0.717, 1.165) is 36.2 Å². The third kappa shape index (κ3) is 4.35. The van der Waals surface area contributed by atoms with Crippen LogP contribution in [0.4, 0.5) is 6.01 Å². The van der Waals surface area contributed by atoms with Crippen LogP contribution in [0.3, 0.4) is 0 Å². The Morgan fingerprint density at radius 1 is 1.21 bits per heavy atom. The molecule has 1 amide bonds. The van der Waals surface area contributed by atoms with E-state index in [1.54, 1.807) is 0 Å². The number of hydrogen-bond donors (Lipinski definition) is 0. The number of rotatable bonds is 2. The zero-order valence-electron chi connectivity index (χ0n) is 17.3. The third-order valence-electron chi connectivity index (χ3n) is 5.59. The van der Waals surface area contributed by atoms with E-state index in [4.69, 9.17) is 21.0 Å². The van der Waals surface area contributed by atoms with E-state index in [9.17, 15) is 4.79 Å². The van der Waals surface area contributed by atoms with E-state index in [-0.39, 0.29) is 16.7 Å². The molecule has 2 aliphatic rings. The predicted octanol–water partition coefficient (Wildman–Crippen LogP) is 4.66. The minimum Gasteiger partial charge on any atom is -0.423 e. The highest BCUT2D eigenvalue weighted by Crippen LogP contribution is 2.29. The Labute approximate surface area is 177 Å². The Morgan fingerprint density at radius 3 is 2.76 bits per heavy atom. The number of hydrogen-bond acceptors (Lipinski definition) is 4.